The number of aryl methyl sites for hydroxylation is 1. The van der Waals surface area contributed by atoms with Crippen LogP contribution in [-0.4, -0.2) is 42.2 Å². The van der Waals surface area contributed by atoms with Gasteiger partial charge in [-0.25, -0.2) is 9.67 Å². The molecule has 0 bridgehead atoms. The van der Waals surface area contributed by atoms with Crippen molar-refractivity contribution in [2.45, 2.75) is 25.7 Å². The molecule has 0 spiro atoms. The van der Waals surface area contributed by atoms with Crippen molar-refractivity contribution in [3.8, 4) is 28.6 Å². The summed E-state index contributed by atoms with van der Waals surface area (Å²) in [4.78, 5) is 4.98. The number of methoxy groups -OCH3 is 2. The molecule has 4 rings (SSSR count). The van der Waals surface area contributed by atoms with Gasteiger partial charge in [-0.1, -0.05) is 24.3 Å². The molecular formula is C22H25N3O3. The summed E-state index contributed by atoms with van der Waals surface area (Å²) in [6, 6.07) is 13.9. The van der Waals surface area contributed by atoms with Crippen LogP contribution in [0.4, 0.5) is 0 Å². The van der Waals surface area contributed by atoms with Gasteiger partial charge in [-0.3, -0.25) is 0 Å². The van der Waals surface area contributed by atoms with Gasteiger partial charge in [0, 0.05) is 19.1 Å². The summed E-state index contributed by atoms with van der Waals surface area (Å²) in [5.41, 5.74) is 2.93. The van der Waals surface area contributed by atoms with Crippen molar-refractivity contribution in [1.82, 2.24) is 14.8 Å². The molecule has 0 unspecified atom stereocenters. The van der Waals surface area contributed by atoms with E-state index in [4.69, 9.17) is 24.3 Å². The lowest BCUT2D eigenvalue weighted by Crippen LogP contribution is -2.15. The molecule has 0 N–H and O–H groups in total. The highest BCUT2D eigenvalue weighted by atomic mass is 16.5. The van der Waals surface area contributed by atoms with Crippen molar-refractivity contribution in [3.63, 3.8) is 0 Å². The second kappa shape index (κ2) is 8.02. The van der Waals surface area contributed by atoms with E-state index in [9.17, 15) is 0 Å². The Morgan fingerprint density at radius 2 is 1.64 bits per heavy atom. The molecular weight excluding hydrogens is 354 g/mol. The Bertz CT molecular complexity index is 939. The van der Waals surface area contributed by atoms with Gasteiger partial charge in [-0.05, 0) is 43.5 Å². The molecule has 0 radical (unpaired) electrons. The number of rotatable bonds is 5. The van der Waals surface area contributed by atoms with E-state index in [2.05, 4.69) is 19.1 Å². The van der Waals surface area contributed by atoms with Crippen LogP contribution >= 0.6 is 0 Å². The number of para-hydroxylation sites is 1. The Morgan fingerprint density at radius 1 is 0.964 bits per heavy atom. The average molecular weight is 379 g/mol. The zero-order valence-electron chi connectivity index (χ0n) is 16.5. The Balaban J connectivity index is 1.93. The van der Waals surface area contributed by atoms with Crippen LogP contribution in [0.2, 0.25) is 0 Å². The maximum absolute atomic E-state index is 5.64. The molecule has 1 aliphatic heterocycles. The molecule has 0 atom stereocenters. The van der Waals surface area contributed by atoms with Crippen molar-refractivity contribution >= 4 is 0 Å². The summed E-state index contributed by atoms with van der Waals surface area (Å²) in [6.07, 6.45) is 1.86. The molecule has 3 aromatic rings. The van der Waals surface area contributed by atoms with Crippen LogP contribution in [0.25, 0.3) is 17.1 Å². The van der Waals surface area contributed by atoms with Crippen molar-refractivity contribution in [2.75, 3.05) is 27.4 Å². The van der Waals surface area contributed by atoms with E-state index < -0.39 is 0 Å². The molecule has 1 saturated heterocycles. The van der Waals surface area contributed by atoms with Gasteiger partial charge in [0.25, 0.3) is 0 Å². The Kier molecular flexibility index (Phi) is 5.30. The highest BCUT2D eigenvalue weighted by Crippen LogP contribution is 2.39. The van der Waals surface area contributed by atoms with Crippen LogP contribution in [0.15, 0.2) is 42.5 Å². The molecule has 146 valence electrons. The van der Waals surface area contributed by atoms with E-state index in [1.165, 1.54) is 0 Å². The fraction of sp³-hybridized carbons (Fsp3) is 0.364. The summed E-state index contributed by atoms with van der Waals surface area (Å²) in [7, 11) is 3.32. The number of ether oxygens (including phenoxy) is 3. The van der Waals surface area contributed by atoms with E-state index in [0.717, 1.165) is 54.5 Å². The standard InChI is InChI=1S/C22H25N3O3/c1-15-7-4-5-8-17(15)25-22(20-18(26-2)9-6-10-19(20)27-3)23-21(24-25)16-11-13-28-14-12-16/h4-10,16H,11-14H2,1-3H3. The van der Waals surface area contributed by atoms with Crippen LogP contribution in [0, 0.1) is 6.92 Å². The summed E-state index contributed by atoms with van der Waals surface area (Å²) < 4.78 is 18.7. The van der Waals surface area contributed by atoms with E-state index in [1.807, 2.05) is 35.0 Å². The minimum Gasteiger partial charge on any atom is -0.496 e. The van der Waals surface area contributed by atoms with Crippen molar-refractivity contribution in [1.29, 1.82) is 0 Å². The molecule has 28 heavy (non-hydrogen) atoms. The fourth-order valence-corrected chi connectivity index (χ4v) is 3.66. The fourth-order valence-electron chi connectivity index (χ4n) is 3.66. The van der Waals surface area contributed by atoms with Gasteiger partial charge >= 0.3 is 0 Å². The third kappa shape index (κ3) is 3.36. The highest BCUT2D eigenvalue weighted by molar-refractivity contribution is 5.73. The van der Waals surface area contributed by atoms with E-state index in [-0.39, 0.29) is 0 Å². The first-order valence-electron chi connectivity index (χ1n) is 9.55. The van der Waals surface area contributed by atoms with Crippen molar-refractivity contribution in [2.24, 2.45) is 0 Å². The molecule has 1 aliphatic rings. The minimum absolute atomic E-state index is 0.290. The number of hydrogen-bond acceptors (Lipinski definition) is 5. The largest absolute Gasteiger partial charge is 0.496 e. The predicted molar refractivity (Wildman–Crippen MR) is 107 cm³/mol. The van der Waals surface area contributed by atoms with E-state index in [1.54, 1.807) is 14.2 Å². The van der Waals surface area contributed by atoms with E-state index >= 15 is 0 Å². The predicted octanol–water partition coefficient (Wildman–Crippen LogP) is 4.15. The summed E-state index contributed by atoms with van der Waals surface area (Å²) >= 11 is 0. The molecule has 1 fully saturated rings. The third-order valence-corrected chi connectivity index (χ3v) is 5.21. The Morgan fingerprint density at radius 3 is 2.29 bits per heavy atom. The lowest BCUT2D eigenvalue weighted by atomic mass is 10.00. The first-order valence-corrected chi connectivity index (χ1v) is 9.55. The normalized spacial score (nSPS) is 14.8. The maximum atomic E-state index is 5.64. The van der Waals surface area contributed by atoms with Crippen LogP contribution in [0.5, 0.6) is 11.5 Å². The second-order valence-electron chi connectivity index (χ2n) is 6.92. The molecule has 0 saturated carbocycles. The molecule has 2 heterocycles. The van der Waals surface area contributed by atoms with Crippen molar-refractivity contribution in [3.05, 3.63) is 53.9 Å². The van der Waals surface area contributed by atoms with Crippen LogP contribution < -0.4 is 9.47 Å². The number of benzene rings is 2. The first-order chi connectivity index (χ1) is 13.7. The molecule has 2 aromatic carbocycles. The zero-order valence-corrected chi connectivity index (χ0v) is 16.5. The van der Waals surface area contributed by atoms with Gasteiger partial charge in [0.2, 0.25) is 0 Å². The number of hydrogen-bond donors (Lipinski definition) is 0. The second-order valence-corrected chi connectivity index (χ2v) is 6.92. The van der Waals surface area contributed by atoms with Crippen LogP contribution in [-0.2, 0) is 4.74 Å². The smallest absolute Gasteiger partial charge is 0.171 e. The Labute approximate surface area is 165 Å². The van der Waals surface area contributed by atoms with Gasteiger partial charge in [0.05, 0.1) is 19.9 Å². The van der Waals surface area contributed by atoms with Crippen molar-refractivity contribution < 1.29 is 14.2 Å². The Hall–Kier alpha value is -2.86. The van der Waals surface area contributed by atoms with E-state index in [0.29, 0.717) is 17.4 Å². The molecule has 0 amide bonds. The monoisotopic (exact) mass is 379 g/mol. The van der Waals surface area contributed by atoms with Gasteiger partial charge < -0.3 is 14.2 Å². The molecule has 0 aliphatic carbocycles. The third-order valence-electron chi connectivity index (χ3n) is 5.21. The number of nitrogens with zero attached hydrogens (tertiary/aromatic N) is 3. The maximum Gasteiger partial charge on any atom is 0.171 e. The van der Waals surface area contributed by atoms with Gasteiger partial charge in [-0.15, -0.1) is 0 Å². The van der Waals surface area contributed by atoms with Crippen LogP contribution in [0.3, 0.4) is 0 Å². The molecule has 6 nitrogen and oxygen atoms in total. The average Bonchev–Trinajstić information content (AvgIpc) is 3.18. The van der Waals surface area contributed by atoms with Gasteiger partial charge in [0.1, 0.15) is 17.1 Å². The zero-order chi connectivity index (χ0) is 19.5. The van der Waals surface area contributed by atoms with Crippen LogP contribution in [0.1, 0.15) is 30.1 Å². The number of aromatic nitrogens is 3. The molecule has 6 heteroatoms. The summed E-state index contributed by atoms with van der Waals surface area (Å²) in [5.74, 6) is 3.28. The highest BCUT2D eigenvalue weighted by Gasteiger charge is 2.26. The first kappa shape index (κ1) is 18.5. The minimum atomic E-state index is 0.290. The lowest BCUT2D eigenvalue weighted by molar-refractivity contribution is 0.0836. The molecule has 1 aromatic heterocycles. The summed E-state index contributed by atoms with van der Waals surface area (Å²) in [6.45, 7) is 3.57. The topological polar surface area (TPSA) is 58.4 Å². The van der Waals surface area contributed by atoms with Gasteiger partial charge in [-0.2, -0.15) is 5.10 Å². The SMILES string of the molecule is COc1cccc(OC)c1-c1nc(C2CCOCC2)nn1-c1ccccc1C. The lowest BCUT2D eigenvalue weighted by Gasteiger charge is -2.18. The quantitative estimate of drug-likeness (QED) is 0.666. The summed E-state index contributed by atoms with van der Waals surface area (Å²) in [5, 5.41) is 4.93. The van der Waals surface area contributed by atoms with Gasteiger partial charge in [0.15, 0.2) is 11.6 Å².